The first-order valence-corrected chi connectivity index (χ1v) is 7.18. The Morgan fingerprint density at radius 2 is 2.05 bits per heavy atom. The van der Waals surface area contributed by atoms with E-state index < -0.39 is 0 Å². The molecule has 2 N–H and O–H groups in total. The zero-order valence-electron chi connectivity index (χ0n) is 11.1. The van der Waals surface area contributed by atoms with Gasteiger partial charge < -0.3 is 5.84 Å². The molecule has 0 aliphatic carbocycles. The number of rotatable bonds is 3. The highest BCUT2D eigenvalue weighted by molar-refractivity contribution is 7.98. The number of hydrogen-bond donors (Lipinski definition) is 1. The van der Waals surface area contributed by atoms with Crippen molar-refractivity contribution in [2.45, 2.75) is 37.1 Å². The number of aromatic nitrogens is 4. The van der Waals surface area contributed by atoms with Crippen LogP contribution in [0.25, 0.3) is 0 Å². The molecule has 0 aliphatic heterocycles. The van der Waals surface area contributed by atoms with E-state index in [4.69, 9.17) is 17.4 Å². The van der Waals surface area contributed by atoms with Crippen LogP contribution in [0.2, 0.25) is 5.15 Å². The van der Waals surface area contributed by atoms with Crippen molar-refractivity contribution in [1.82, 2.24) is 19.9 Å². The van der Waals surface area contributed by atoms with Crippen molar-refractivity contribution < 1.29 is 0 Å². The van der Waals surface area contributed by atoms with Crippen LogP contribution in [-0.4, -0.2) is 19.9 Å². The number of halogens is 1. The van der Waals surface area contributed by atoms with Gasteiger partial charge in [0.15, 0.2) is 5.82 Å². The van der Waals surface area contributed by atoms with E-state index in [9.17, 15) is 0 Å². The molecule has 0 saturated carbocycles. The fourth-order valence-corrected chi connectivity index (χ4v) is 2.43. The molecular formula is C12H16ClN5S. The Bertz CT molecular complexity index is 558. The molecule has 2 aromatic rings. The summed E-state index contributed by atoms with van der Waals surface area (Å²) in [6.07, 6.45) is 1.75. The maximum absolute atomic E-state index is 6.01. The smallest absolute Gasteiger partial charge is 0.210 e. The monoisotopic (exact) mass is 297 g/mol. The van der Waals surface area contributed by atoms with Gasteiger partial charge in [0.1, 0.15) is 5.15 Å². The van der Waals surface area contributed by atoms with E-state index >= 15 is 0 Å². The first kappa shape index (κ1) is 14.1. The van der Waals surface area contributed by atoms with E-state index in [0.29, 0.717) is 10.3 Å². The molecule has 5 nitrogen and oxygen atoms in total. The minimum absolute atomic E-state index is 0.123. The van der Waals surface area contributed by atoms with Gasteiger partial charge in [-0.05, 0) is 11.6 Å². The number of thioether (sulfide) groups is 1. The summed E-state index contributed by atoms with van der Waals surface area (Å²) in [5.41, 5.74) is 0.942. The third-order valence-electron chi connectivity index (χ3n) is 2.49. The molecule has 0 fully saturated rings. The van der Waals surface area contributed by atoms with Crippen LogP contribution >= 0.6 is 23.4 Å². The normalized spacial score (nSPS) is 11.8. The van der Waals surface area contributed by atoms with Gasteiger partial charge in [-0.1, -0.05) is 50.2 Å². The summed E-state index contributed by atoms with van der Waals surface area (Å²) in [4.78, 5) is 4.04. The van der Waals surface area contributed by atoms with E-state index in [1.165, 1.54) is 11.8 Å². The second-order valence-electron chi connectivity index (χ2n) is 5.20. The summed E-state index contributed by atoms with van der Waals surface area (Å²) in [7, 11) is 0. The minimum Gasteiger partial charge on any atom is -0.336 e. The molecule has 2 heterocycles. The summed E-state index contributed by atoms with van der Waals surface area (Å²) in [6, 6.07) is 3.70. The van der Waals surface area contributed by atoms with Crippen LogP contribution in [0.3, 0.4) is 0 Å². The van der Waals surface area contributed by atoms with Gasteiger partial charge in [-0.3, -0.25) is 0 Å². The fourth-order valence-electron chi connectivity index (χ4n) is 1.53. The molecule has 0 amide bonds. The van der Waals surface area contributed by atoms with Crippen LogP contribution in [0, 0.1) is 0 Å². The number of hydrogen-bond acceptors (Lipinski definition) is 5. The molecule has 0 aliphatic rings. The molecule has 19 heavy (non-hydrogen) atoms. The van der Waals surface area contributed by atoms with Crippen LogP contribution in [0.4, 0.5) is 0 Å². The highest BCUT2D eigenvalue weighted by Crippen LogP contribution is 2.25. The number of nitrogens with two attached hydrogens (primary N) is 1. The lowest BCUT2D eigenvalue weighted by atomic mass is 9.96. The Kier molecular flexibility index (Phi) is 4.01. The van der Waals surface area contributed by atoms with E-state index in [1.54, 1.807) is 16.9 Å². The lowest BCUT2D eigenvalue weighted by molar-refractivity contribution is 0.523. The van der Waals surface area contributed by atoms with Gasteiger partial charge in [0.05, 0.1) is 0 Å². The second-order valence-corrected chi connectivity index (χ2v) is 6.53. The highest BCUT2D eigenvalue weighted by atomic mass is 35.5. The van der Waals surface area contributed by atoms with Crippen molar-refractivity contribution in [1.29, 1.82) is 0 Å². The summed E-state index contributed by atoms with van der Waals surface area (Å²) in [5.74, 6) is 7.51. The second kappa shape index (κ2) is 5.38. The van der Waals surface area contributed by atoms with Crippen molar-refractivity contribution >= 4 is 23.4 Å². The summed E-state index contributed by atoms with van der Waals surface area (Å²) in [6.45, 7) is 6.16. The summed E-state index contributed by atoms with van der Waals surface area (Å²) in [5, 5.41) is 9.45. The predicted molar refractivity (Wildman–Crippen MR) is 77.7 cm³/mol. The SMILES string of the molecule is CC(C)(C)c1nnc(SCc2ccc(Cl)nc2)n1N. The zero-order chi connectivity index (χ0) is 14.0. The topological polar surface area (TPSA) is 69.6 Å². The van der Waals surface area contributed by atoms with Gasteiger partial charge in [-0.25, -0.2) is 9.66 Å². The third kappa shape index (κ3) is 3.39. The molecule has 7 heteroatoms. The molecule has 2 rings (SSSR count). The van der Waals surface area contributed by atoms with Crippen LogP contribution in [0.1, 0.15) is 32.2 Å². The van der Waals surface area contributed by atoms with E-state index in [-0.39, 0.29) is 5.41 Å². The maximum Gasteiger partial charge on any atom is 0.210 e. The van der Waals surface area contributed by atoms with Gasteiger partial charge in [-0.15, -0.1) is 10.2 Å². The van der Waals surface area contributed by atoms with Crippen LogP contribution in [0.15, 0.2) is 23.5 Å². The maximum atomic E-state index is 6.01. The molecule has 0 aromatic carbocycles. The van der Waals surface area contributed by atoms with E-state index in [2.05, 4.69) is 36.0 Å². The standard InChI is InChI=1S/C12H16ClN5S/c1-12(2,3)10-16-17-11(18(10)14)19-7-8-4-5-9(13)15-6-8/h4-6H,7,14H2,1-3H3. The lowest BCUT2D eigenvalue weighted by Gasteiger charge is -2.16. The number of nitrogens with zero attached hydrogens (tertiary/aromatic N) is 4. The third-order valence-corrected chi connectivity index (χ3v) is 3.73. The first-order chi connectivity index (χ1) is 8.88. The highest BCUT2D eigenvalue weighted by Gasteiger charge is 2.22. The molecule has 0 bridgehead atoms. The molecule has 0 unspecified atom stereocenters. The van der Waals surface area contributed by atoms with Gasteiger partial charge in [0.2, 0.25) is 5.16 Å². The fraction of sp³-hybridized carbons (Fsp3) is 0.417. The molecule has 2 aromatic heterocycles. The Labute approximate surface area is 121 Å². The Morgan fingerprint density at radius 1 is 1.32 bits per heavy atom. The Morgan fingerprint density at radius 3 is 2.58 bits per heavy atom. The van der Waals surface area contributed by atoms with Gasteiger partial charge in [-0.2, -0.15) is 0 Å². The van der Waals surface area contributed by atoms with Crippen LogP contribution in [0.5, 0.6) is 0 Å². The Hall–Kier alpha value is -1.27. The van der Waals surface area contributed by atoms with E-state index in [1.807, 2.05) is 6.07 Å². The van der Waals surface area contributed by atoms with Crippen LogP contribution < -0.4 is 5.84 Å². The van der Waals surface area contributed by atoms with Crippen LogP contribution in [-0.2, 0) is 11.2 Å². The Balaban J connectivity index is 2.08. The molecule has 0 spiro atoms. The van der Waals surface area contributed by atoms with Crippen molar-refractivity contribution in [2.75, 3.05) is 5.84 Å². The van der Waals surface area contributed by atoms with Gasteiger partial charge in [0, 0.05) is 17.4 Å². The summed E-state index contributed by atoms with van der Waals surface area (Å²) >= 11 is 7.27. The first-order valence-electron chi connectivity index (χ1n) is 5.82. The minimum atomic E-state index is -0.123. The van der Waals surface area contributed by atoms with Crippen molar-refractivity contribution in [3.8, 4) is 0 Å². The molecule has 0 radical (unpaired) electrons. The quantitative estimate of drug-likeness (QED) is 0.536. The molecular weight excluding hydrogens is 282 g/mol. The van der Waals surface area contributed by atoms with Gasteiger partial charge >= 0.3 is 0 Å². The average Bonchev–Trinajstić information content (AvgIpc) is 2.70. The lowest BCUT2D eigenvalue weighted by Crippen LogP contribution is -2.24. The molecule has 102 valence electrons. The molecule has 0 saturated heterocycles. The van der Waals surface area contributed by atoms with Crippen molar-refractivity contribution in [3.05, 3.63) is 34.9 Å². The average molecular weight is 298 g/mol. The predicted octanol–water partition coefficient (Wildman–Crippen LogP) is 2.63. The summed E-state index contributed by atoms with van der Waals surface area (Å²) < 4.78 is 1.55. The molecule has 0 atom stereocenters. The number of pyridine rings is 1. The zero-order valence-corrected chi connectivity index (χ0v) is 12.7. The van der Waals surface area contributed by atoms with Crippen molar-refractivity contribution in [2.24, 2.45) is 0 Å². The van der Waals surface area contributed by atoms with E-state index in [0.717, 1.165) is 17.1 Å². The van der Waals surface area contributed by atoms with Crippen molar-refractivity contribution in [3.63, 3.8) is 0 Å². The van der Waals surface area contributed by atoms with Gasteiger partial charge in [0.25, 0.3) is 0 Å². The number of nitrogen functional groups attached to an aromatic ring is 1. The largest absolute Gasteiger partial charge is 0.336 e.